The molecule has 4 nitrogen and oxygen atoms in total. The molecule has 1 aromatic heterocycles. The molecular weight excluding hydrogens is 223 g/mol. The summed E-state index contributed by atoms with van der Waals surface area (Å²) in [7, 11) is 0. The molecule has 1 saturated heterocycles. The Labute approximate surface area is 99.2 Å². The summed E-state index contributed by atoms with van der Waals surface area (Å²) in [5.74, 6) is -0.536. The molecule has 0 unspecified atom stereocenters. The van der Waals surface area contributed by atoms with Crippen LogP contribution in [0.25, 0.3) is 0 Å². The highest BCUT2D eigenvalue weighted by Gasteiger charge is 2.16. The Bertz CT molecular complexity index is 392. The summed E-state index contributed by atoms with van der Waals surface area (Å²) in [6, 6.07) is 1.38. The van der Waals surface area contributed by atoms with Crippen molar-refractivity contribution >= 4 is 5.91 Å². The number of amides is 1. The van der Waals surface area contributed by atoms with E-state index in [1.165, 1.54) is 12.3 Å². The largest absolute Gasteiger partial charge is 0.381 e. The van der Waals surface area contributed by atoms with E-state index < -0.39 is 5.82 Å². The smallest absolute Gasteiger partial charge is 0.254 e. The average molecular weight is 238 g/mol. The fraction of sp³-hybridized carbons (Fsp3) is 0.500. The van der Waals surface area contributed by atoms with Crippen LogP contribution in [-0.4, -0.2) is 30.6 Å². The van der Waals surface area contributed by atoms with Gasteiger partial charge in [-0.25, -0.2) is 4.39 Å². The van der Waals surface area contributed by atoms with Crippen LogP contribution in [0, 0.1) is 11.7 Å². The predicted octanol–water partition coefficient (Wildman–Crippen LogP) is 1.38. The van der Waals surface area contributed by atoms with Crippen molar-refractivity contribution in [2.24, 2.45) is 5.92 Å². The second kappa shape index (κ2) is 5.72. The molecule has 0 aromatic carbocycles. The van der Waals surface area contributed by atoms with Crippen molar-refractivity contribution in [1.29, 1.82) is 0 Å². The highest BCUT2D eigenvalue weighted by Crippen LogP contribution is 2.13. The molecule has 1 fully saturated rings. The lowest BCUT2D eigenvalue weighted by molar-refractivity contribution is 0.0642. The normalized spacial score (nSPS) is 16.8. The van der Waals surface area contributed by atoms with E-state index >= 15 is 0 Å². The molecule has 92 valence electrons. The quantitative estimate of drug-likeness (QED) is 0.865. The summed E-state index contributed by atoms with van der Waals surface area (Å²) in [4.78, 5) is 15.3. The first kappa shape index (κ1) is 12.0. The van der Waals surface area contributed by atoms with Gasteiger partial charge in [0.15, 0.2) is 5.82 Å². The third-order valence-electron chi connectivity index (χ3n) is 2.91. The van der Waals surface area contributed by atoms with Crippen LogP contribution in [0.5, 0.6) is 0 Å². The molecule has 1 aromatic rings. The van der Waals surface area contributed by atoms with Gasteiger partial charge in [0.05, 0.1) is 11.8 Å². The second-order valence-electron chi connectivity index (χ2n) is 4.12. The fourth-order valence-corrected chi connectivity index (χ4v) is 1.84. The van der Waals surface area contributed by atoms with Crippen molar-refractivity contribution in [3.8, 4) is 0 Å². The second-order valence-corrected chi connectivity index (χ2v) is 4.12. The van der Waals surface area contributed by atoms with Gasteiger partial charge in [0.1, 0.15) is 0 Å². The molecule has 0 bridgehead atoms. The maximum atomic E-state index is 13.3. The van der Waals surface area contributed by atoms with E-state index in [-0.39, 0.29) is 11.5 Å². The first-order valence-corrected chi connectivity index (χ1v) is 5.73. The average Bonchev–Trinajstić information content (AvgIpc) is 2.38. The molecule has 0 saturated carbocycles. The Morgan fingerprint density at radius 2 is 2.29 bits per heavy atom. The molecule has 1 N–H and O–H groups in total. The van der Waals surface area contributed by atoms with Gasteiger partial charge in [-0.1, -0.05) is 0 Å². The zero-order valence-corrected chi connectivity index (χ0v) is 9.49. The van der Waals surface area contributed by atoms with Crippen LogP contribution in [0.4, 0.5) is 4.39 Å². The van der Waals surface area contributed by atoms with E-state index in [1.807, 2.05) is 0 Å². The Kier molecular flexibility index (Phi) is 4.03. The number of hydrogen-bond acceptors (Lipinski definition) is 3. The summed E-state index contributed by atoms with van der Waals surface area (Å²) < 4.78 is 18.5. The lowest BCUT2D eigenvalue weighted by Crippen LogP contribution is -2.32. The SMILES string of the molecule is O=C(NCC1CCOCC1)c1ccncc1F. The van der Waals surface area contributed by atoms with Crippen LogP contribution in [0.1, 0.15) is 23.2 Å². The van der Waals surface area contributed by atoms with E-state index in [1.54, 1.807) is 0 Å². The van der Waals surface area contributed by atoms with Gasteiger partial charge in [0.25, 0.3) is 5.91 Å². The minimum absolute atomic E-state index is 0.0482. The molecule has 0 radical (unpaired) electrons. The number of ether oxygens (including phenoxy) is 1. The minimum atomic E-state index is -0.586. The Morgan fingerprint density at radius 3 is 3.00 bits per heavy atom. The Morgan fingerprint density at radius 1 is 1.53 bits per heavy atom. The number of rotatable bonds is 3. The zero-order chi connectivity index (χ0) is 12.1. The molecule has 1 aliphatic heterocycles. The third kappa shape index (κ3) is 3.23. The van der Waals surface area contributed by atoms with Crippen LogP contribution in [0.2, 0.25) is 0 Å². The standard InChI is InChI=1S/C12H15FN2O2/c13-11-8-14-4-1-10(11)12(16)15-7-9-2-5-17-6-3-9/h1,4,8-9H,2-3,5-7H2,(H,15,16). The summed E-state index contributed by atoms with van der Waals surface area (Å²) in [5.41, 5.74) is 0.0482. The number of carbonyl (C=O) groups excluding carboxylic acids is 1. The number of carbonyl (C=O) groups is 1. The van der Waals surface area contributed by atoms with Gasteiger partial charge >= 0.3 is 0 Å². The molecule has 1 aliphatic rings. The maximum absolute atomic E-state index is 13.3. The Balaban J connectivity index is 1.87. The van der Waals surface area contributed by atoms with Crippen LogP contribution in [-0.2, 0) is 4.74 Å². The molecule has 5 heteroatoms. The molecule has 2 heterocycles. The van der Waals surface area contributed by atoms with Crippen LogP contribution in [0.3, 0.4) is 0 Å². The third-order valence-corrected chi connectivity index (χ3v) is 2.91. The van der Waals surface area contributed by atoms with E-state index in [0.717, 1.165) is 32.3 Å². The van der Waals surface area contributed by atoms with Crippen LogP contribution in [0.15, 0.2) is 18.5 Å². The van der Waals surface area contributed by atoms with Crippen molar-refractivity contribution in [2.45, 2.75) is 12.8 Å². The maximum Gasteiger partial charge on any atom is 0.254 e. The van der Waals surface area contributed by atoms with E-state index in [9.17, 15) is 9.18 Å². The van der Waals surface area contributed by atoms with Crippen LogP contribution < -0.4 is 5.32 Å². The number of nitrogens with zero attached hydrogens (tertiary/aromatic N) is 1. The van der Waals surface area contributed by atoms with Gasteiger partial charge in [-0.15, -0.1) is 0 Å². The van der Waals surface area contributed by atoms with Crippen molar-refractivity contribution in [3.63, 3.8) is 0 Å². The lowest BCUT2D eigenvalue weighted by Gasteiger charge is -2.22. The molecule has 0 atom stereocenters. The molecule has 1 amide bonds. The number of hydrogen-bond donors (Lipinski definition) is 1. The van der Waals surface area contributed by atoms with Gasteiger partial charge in [0.2, 0.25) is 0 Å². The number of pyridine rings is 1. The monoisotopic (exact) mass is 238 g/mol. The summed E-state index contributed by atoms with van der Waals surface area (Å²) >= 11 is 0. The first-order chi connectivity index (χ1) is 8.27. The van der Waals surface area contributed by atoms with Gasteiger partial charge in [-0.3, -0.25) is 9.78 Å². The molecule has 0 spiro atoms. The molecule has 17 heavy (non-hydrogen) atoms. The van der Waals surface area contributed by atoms with Gasteiger partial charge < -0.3 is 10.1 Å². The van der Waals surface area contributed by atoms with E-state index in [0.29, 0.717) is 12.5 Å². The molecular formula is C12H15FN2O2. The van der Waals surface area contributed by atoms with E-state index in [4.69, 9.17) is 4.74 Å². The van der Waals surface area contributed by atoms with Crippen molar-refractivity contribution in [2.75, 3.05) is 19.8 Å². The number of aromatic nitrogens is 1. The van der Waals surface area contributed by atoms with Crippen molar-refractivity contribution in [1.82, 2.24) is 10.3 Å². The molecule has 0 aliphatic carbocycles. The van der Waals surface area contributed by atoms with Crippen molar-refractivity contribution in [3.05, 3.63) is 29.8 Å². The summed E-state index contributed by atoms with van der Waals surface area (Å²) in [6.07, 6.45) is 4.34. The highest BCUT2D eigenvalue weighted by molar-refractivity contribution is 5.94. The van der Waals surface area contributed by atoms with Gasteiger partial charge in [-0.2, -0.15) is 0 Å². The first-order valence-electron chi connectivity index (χ1n) is 5.73. The van der Waals surface area contributed by atoms with Gasteiger partial charge in [-0.05, 0) is 24.8 Å². The van der Waals surface area contributed by atoms with Crippen LogP contribution >= 0.6 is 0 Å². The number of nitrogens with one attached hydrogen (secondary N) is 1. The van der Waals surface area contributed by atoms with E-state index in [2.05, 4.69) is 10.3 Å². The molecule has 2 rings (SSSR count). The fourth-order valence-electron chi connectivity index (χ4n) is 1.84. The minimum Gasteiger partial charge on any atom is -0.381 e. The predicted molar refractivity (Wildman–Crippen MR) is 60.1 cm³/mol. The summed E-state index contributed by atoms with van der Waals surface area (Å²) in [6.45, 7) is 2.05. The van der Waals surface area contributed by atoms with Crippen molar-refractivity contribution < 1.29 is 13.9 Å². The zero-order valence-electron chi connectivity index (χ0n) is 9.49. The summed E-state index contributed by atoms with van der Waals surface area (Å²) in [5, 5.41) is 2.75. The topological polar surface area (TPSA) is 51.2 Å². The highest BCUT2D eigenvalue weighted by atomic mass is 19.1. The lowest BCUT2D eigenvalue weighted by atomic mass is 10.0. The number of halogens is 1. The Hall–Kier alpha value is -1.49. The van der Waals surface area contributed by atoms with Gasteiger partial charge in [0, 0.05) is 26.0 Å².